The van der Waals surface area contributed by atoms with E-state index in [0.29, 0.717) is 0 Å². The molecule has 4 nitrogen and oxygen atoms in total. The zero-order chi connectivity index (χ0) is 16.9. The smallest absolute Gasteiger partial charge is 0.187 e. The summed E-state index contributed by atoms with van der Waals surface area (Å²) in [6, 6.07) is 14.2. The summed E-state index contributed by atoms with van der Waals surface area (Å²) in [6.07, 6.45) is 0. The van der Waals surface area contributed by atoms with Crippen LogP contribution in [0.1, 0.15) is 11.1 Å². The molecule has 0 aliphatic heterocycles. The molecule has 2 aromatic carbocycles. The van der Waals surface area contributed by atoms with Gasteiger partial charge in [-0.1, -0.05) is 41.1 Å². The topological polar surface area (TPSA) is 43.6 Å². The van der Waals surface area contributed by atoms with Crippen molar-refractivity contribution < 1.29 is 0 Å². The van der Waals surface area contributed by atoms with Gasteiger partial charge in [-0.25, -0.2) is 0 Å². The molecule has 0 bridgehead atoms. The fourth-order valence-corrected chi connectivity index (χ4v) is 4.18. The predicted molar refractivity (Wildman–Crippen MR) is 102 cm³/mol. The minimum Gasteiger partial charge on any atom is -0.187 e. The van der Waals surface area contributed by atoms with Crippen LogP contribution in [-0.2, 0) is 0 Å². The van der Waals surface area contributed by atoms with E-state index < -0.39 is 0 Å². The molecule has 124 valence electrons. The highest BCUT2D eigenvalue weighted by Gasteiger charge is 2.11. The van der Waals surface area contributed by atoms with Gasteiger partial charge in [0.05, 0.1) is 5.69 Å². The molecule has 3 rings (SSSR count). The highest BCUT2D eigenvalue weighted by atomic mass is 35.5. The predicted octanol–water partition coefficient (Wildman–Crippen LogP) is 4.82. The van der Waals surface area contributed by atoms with Crippen LogP contribution in [0.5, 0.6) is 0 Å². The average Bonchev–Trinajstić information content (AvgIpc) is 3.01. The van der Waals surface area contributed by atoms with Crippen LogP contribution in [0.2, 0.25) is 5.02 Å². The van der Waals surface area contributed by atoms with Crippen LogP contribution in [0.4, 0.5) is 0 Å². The van der Waals surface area contributed by atoms with Crippen molar-refractivity contribution in [2.75, 3.05) is 11.5 Å². The molecule has 0 unspecified atom stereocenters. The maximum Gasteiger partial charge on any atom is 0.214 e. The molecule has 0 saturated heterocycles. The highest BCUT2D eigenvalue weighted by molar-refractivity contribution is 8.02. The summed E-state index contributed by atoms with van der Waals surface area (Å²) in [7, 11) is 0. The lowest BCUT2D eigenvalue weighted by Gasteiger charge is -2.08. The van der Waals surface area contributed by atoms with Crippen LogP contribution < -0.4 is 0 Å². The Kier molecular flexibility index (Phi) is 5.81. The van der Waals surface area contributed by atoms with Crippen LogP contribution in [0.15, 0.2) is 52.5 Å². The number of aryl methyl sites for hydroxylation is 2. The van der Waals surface area contributed by atoms with Crippen LogP contribution in [-0.4, -0.2) is 31.7 Å². The van der Waals surface area contributed by atoms with Crippen molar-refractivity contribution in [3.05, 3.63) is 58.6 Å². The minimum atomic E-state index is 0.765. The molecule has 1 aromatic heterocycles. The lowest BCUT2D eigenvalue weighted by atomic mass is 10.1. The fraction of sp³-hybridized carbons (Fsp3) is 0.235. The maximum absolute atomic E-state index is 5.90. The zero-order valence-electron chi connectivity index (χ0n) is 13.4. The van der Waals surface area contributed by atoms with Crippen molar-refractivity contribution in [2.45, 2.75) is 23.9 Å². The van der Waals surface area contributed by atoms with E-state index in [1.165, 1.54) is 16.0 Å². The summed E-state index contributed by atoms with van der Waals surface area (Å²) in [6.45, 7) is 4.16. The number of halogens is 1. The summed E-state index contributed by atoms with van der Waals surface area (Å²) in [5.41, 5.74) is 3.43. The average molecular weight is 377 g/mol. The van der Waals surface area contributed by atoms with E-state index in [4.69, 9.17) is 11.6 Å². The van der Waals surface area contributed by atoms with Crippen LogP contribution in [0.25, 0.3) is 5.69 Å². The van der Waals surface area contributed by atoms with Gasteiger partial charge in [0.15, 0.2) is 0 Å². The molecule has 0 radical (unpaired) electrons. The summed E-state index contributed by atoms with van der Waals surface area (Å²) in [5.74, 6) is 1.91. The van der Waals surface area contributed by atoms with Gasteiger partial charge in [-0.05, 0) is 60.2 Å². The molecule has 3 aromatic rings. The third-order valence-electron chi connectivity index (χ3n) is 3.42. The van der Waals surface area contributed by atoms with Crippen LogP contribution in [0.3, 0.4) is 0 Å². The normalized spacial score (nSPS) is 11.0. The van der Waals surface area contributed by atoms with Gasteiger partial charge in [-0.2, -0.15) is 4.68 Å². The molecule has 1 heterocycles. The Labute approximate surface area is 155 Å². The van der Waals surface area contributed by atoms with Crippen molar-refractivity contribution in [2.24, 2.45) is 0 Å². The molecule has 0 aliphatic rings. The first-order valence-corrected chi connectivity index (χ1v) is 9.85. The van der Waals surface area contributed by atoms with Gasteiger partial charge in [0, 0.05) is 21.4 Å². The third-order valence-corrected chi connectivity index (χ3v) is 5.86. The monoisotopic (exact) mass is 376 g/mol. The van der Waals surface area contributed by atoms with E-state index in [0.717, 1.165) is 27.4 Å². The first-order valence-electron chi connectivity index (χ1n) is 7.50. The molecule has 0 spiro atoms. The molecule has 7 heteroatoms. The Hall–Kier alpha value is -1.50. The first-order chi connectivity index (χ1) is 11.6. The van der Waals surface area contributed by atoms with Gasteiger partial charge in [0.1, 0.15) is 0 Å². The Bertz CT molecular complexity index is 818. The van der Waals surface area contributed by atoms with Crippen molar-refractivity contribution in [3.63, 3.8) is 0 Å². The highest BCUT2D eigenvalue weighted by Crippen LogP contribution is 2.25. The lowest BCUT2D eigenvalue weighted by Crippen LogP contribution is -2.02. The minimum absolute atomic E-state index is 0.765. The van der Waals surface area contributed by atoms with E-state index in [1.54, 1.807) is 23.5 Å². The third kappa shape index (κ3) is 4.32. The number of thioether (sulfide) groups is 2. The van der Waals surface area contributed by atoms with E-state index in [1.807, 2.05) is 28.9 Å². The second-order valence-electron chi connectivity index (χ2n) is 5.31. The molecule has 0 amide bonds. The van der Waals surface area contributed by atoms with E-state index in [-0.39, 0.29) is 0 Å². The number of nitrogens with zero attached hydrogens (tertiary/aromatic N) is 4. The first kappa shape index (κ1) is 17.3. The standard InChI is InChI=1S/C17H17ClN4S2/c1-12-3-8-16(13(2)11-12)22-17(19-20-21-22)24-10-9-23-15-6-4-14(18)5-7-15/h3-8,11H,9-10H2,1-2H3. The number of hydrogen-bond acceptors (Lipinski definition) is 5. The second kappa shape index (κ2) is 8.05. The Morgan fingerprint density at radius 2 is 1.75 bits per heavy atom. The SMILES string of the molecule is Cc1ccc(-n2nnnc2SCCSc2ccc(Cl)cc2)c(C)c1. The van der Waals surface area contributed by atoms with Crippen molar-refractivity contribution in [3.8, 4) is 5.69 Å². The number of hydrogen-bond donors (Lipinski definition) is 0. The lowest BCUT2D eigenvalue weighted by molar-refractivity contribution is 0.752. The molecule has 0 fully saturated rings. The molecule has 0 aliphatic carbocycles. The van der Waals surface area contributed by atoms with Gasteiger partial charge in [-0.3, -0.25) is 0 Å². The number of aromatic nitrogens is 4. The number of tetrazole rings is 1. The molecule has 24 heavy (non-hydrogen) atoms. The Morgan fingerprint density at radius 1 is 1.00 bits per heavy atom. The molecule has 0 N–H and O–H groups in total. The fourth-order valence-electron chi connectivity index (χ4n) is 2.29. The van der Waals surface area contributed by atoms with E-state index in [9.17, 15) is 0 Å². The van der Waals surface area contributed by atoms with Crippen molar-refractivity contribution in [1.82, 2.24) is 20.2 Å². The largest absolute Gasteiger partial charge is 0.214 e. The summed E-state index contributed by atoms with van der Waals surface area (Å²) in [4.78, 5) is 1.22. The zero-order valence-corrected chi connectivity index (χ0v) is 15.8. The maximum atomic E-state index is 5.90. The van der Waals surface area contributed by atoms with Crippen molar-refractivity contribution >= 4 is 35.1 Å². The number of rotatable bonds is 6. The molecular formula is C17H17ClN4S2. The van der Waals surface area contributed by atoms with Crippen molar-refractivity contribution in [1.29, 1.82) is 0 Å². The van der Waals surface area contributed by atoms with Gasteiger partial charge in [-0.15, -0.1) is 16.9 Å². The van der Waals surface area contributed by atoms with Gasteiger partial charge in [0.2, 0.25) is 5.16 Å². The molecular weight excluding hydrogens is 360 g/mol. The van der Waals surface area contributed by atoms with Gasteiger partial charge < -0.3 is 0 Å². The summed E-state index contributed by atoms with van der Waals surface area (Å²) < 4.78 is 1.81. The van der Waals surface area contributed by atoms with Gasteiger partial charge in [0.25, 0.3) is 0 Å². The van der Waals surface area contributed by atoms with Gasteiger partial charge >= 0.3 is 0 Å². The van der Waals surface area contributed by atoms with Crippen LogP contribution >= 0.6 is 35.1 Å². The molecule has 0 saturated carbocycles. The Balaban J connectivity index is 1.60. The quantitative estimate of drug-likeness (QED) is 0.456. The summed E-state index contributed by atoms with van der Waals surface area (Å²) in [5, 5.41) is 13.7. The van der Waals surface area contributed by atoms with E-state index >= 15 is 0 Å². The summed E-state index contributed by atoms with van der Waals surface area (Å²) >= 11 is 9.36. The second-order valence-corrected chi connectivity index (χ2v) is 7.98. The number of benzene rings is 2. The van der Waals surface area contributed by atoms with Crippen LogP contribution in [0, 0.1) is 13.8 Å². The Morgan fingerprint density at radius 3 is 2.50 bits per heavy atom. The van der Waals surface area contributed by atoms with E-state index in [2.05, 4.69) is 47.6 Å². The molecule has 0 atom stereocenters.